The molecule has 2 aromatic carbocycles. The van der Waals surface area contributed by atoms with Gasteiger partial charge in [0.25, 0.3) is 5.56 Å². The number of aliphatic carboxylic acids is 1. The van der Waals surface area contributed by atoms with E-state index in [1.807, 2.05) is 65.7 Å². The van der Waals surface area contributed by atoms with Crippen molar-refractivity contribution in [2.45, 2.75) is 66.0 Å². The molecule has 0 aliphatic heterocycles. The average Bonchev–Trinajstić information content (AvgIpc) is 2.88. The molecular formula is C33H40F3N3O4. The molecule has 3 rings (SSSR count). The molecule has 0 aliphatic carbocycles. The van der Waals surface area contributed by atoms with Crippen LogP contribution in [0.15, 0.2) is 41.3 Å². The van der Waals surface area contributed by atoms with E-state index in [-0.39, 0.29) is 17.9 Å². The number of carboxylic acids is 1. The third-order valence-electron chi connectivity index (χ3n) is 7.33. The van der Waals surface area contributed by atoms with Gasteiger partial charge in [0.15, 0.2) is 17.5 Å². The second-order valence-corrected chi connectivity index (χ2v) is 11.9. The summed E-state index contributed by atoms with van der Waals surface area (Å²) in [5.74, 6) is -5.79. The molecule has 232 valence electrons. The normalized spacial score (nSPS) is 12.9. The Balaban J connectivity index is 2.11. The minimum absolute atomic E-state index is 0.112. The van der Waals surface area contributed by atoms with Crippen molar-refractivity contribution in [1.29, 1.82) is 0 Å². The zero-order valence-electron chi connectivity index (χ0n) is 25.7. The van der Waals surface area contributed by atoms with Crippen LogP contribution in [0, 0.1) is 44.1 Å². The fourth-order valence-corrected chi connectivity index (χ4v) is 5.46. The zero-order valence-corrected chi connectivity index (χ0v) is 25.7. The van der Waals surface area contributed by atoms with Crippen LogP contribution in [-0.4, -0.2) is 47.1 Å². The second kappa shape index (κ2) is 14.0. The Hall–Kier alpha value is -3.92. The number of carbonyl (C=O) groups is 2. The van der Waals surface area contributed by atoms with E-state index in [9.17, 15) is 23.9 Å². The number of nitrogens with zero attached hydrogens (tertiary/aromatic N) is 2. The van der Waals surface area contributed by atoms with Gasteiger partial charge in [-0.2, -0.15) is 0 Å². The summed E-state index contributed by atoms with van der Waals surface area (Å²) in [4.78, 5) is 40.4. The summed E-state index contributed by atoms with van der Waals surface area (Å²) in [5.41, 5.74) is 2.78. The fourth-order valence-electron chi connectivity index (χ4n) is 5.46. The van der Waals surface area contributed by atoms with E-state index in [1.165, 1.54) is 12.3 Å². The van der Waals surface area contributed by atoms with E-state index < -0.39 is 53.4 Å². The van der Waals surface area contributed by atoms with Gasteiger partial charge >= 0.3 is 5.97 Å². The molecule has 0 bridgehead atoms. The van der Waals surface area contributed by atoms with E-state index in [0.29, 0.717) is 29.7 Å². The van der Waals surface area contributed by atoms with Crippen LogP contribution in [0.25, 0.3) is 11.1 Å². The lowest BCUT2D eigenvalue weighted by molar-refractivity contribution is -0.138. The Morgan fingerprint density at radius 2 is 1.60 bits per heavy atom. The highest BCUT2D eigenvalue weighted by molar-refractivity contribution is 5.82. The maximum atomic E-state index is 15.3. The Kier molecular flexibility index (Phi) is 11.0. The van der Waals surface area contributed by atoms with Crippen molar-refractivity contribution in [3.63, 3.8) is 0 Å². The van der Waals surface area contributed by atoms with Crippen LogP contribution in [0.2, 0.25) is 0 Å². The minimum Gasteiger partial charge on any atom is -0.481 e. The number of rotatable bonds is 12. The Labute approximate surface area is 250 Å². The summed E-state index contributed by atoms with van der Waals surface area (Å²) >= 11 is 0. The van der Waals surface area contributed by atoms with Crippen LogP contribution in [0.1, 0.15) is 66.6 Å². The van der Waals surface area contributed by atoms with Crippen molar-refractivity contribution >= 4 is 11.9 Å². The number of amides is 1. The highest BCUT2D eigenvalue weighted by Gasteiger charge is 2.30. The molecule has 7 nitrogen and oxygen atoms in total. The summed E-state index contributed by atoms with van der Waals surface area (Å²) in [6, 6.07) is 4.64. The van der Waals surface area contributed by atoms with Crippen LogP contribution in [0.3, 0.4) is 0 Å². The number of nitrogens with one attached hydrogen (secondary N) is 1. The highest BCUT2D eigenvalue weighted by Crippen LogP contribution is 2.34. The van der Waals surface area contributed by atoms with E-state index in [4.69, 9.17) is 0 Å². The average molecular weight is 600 g/mol. The van der Waals surface area contributed by atoms with Crippen LogP contribution in [0.5, 0.6) is 0 Å². The second-order valence-electron chi connectivity index (χ2n) is 11.9. The summed E-state index contributed by atoms with van der Waals surface area (Å²) in [5, 5.41) is 12.2. The monoisotopic (exact) mass is 599 g/mol. The van der Waals surface area contributed by atoms with E-state index >= 15 is 8.78 Å². The molecule has 0 fully saturated rings. The summed E-state index contributed by atoms with van der Waals surface area (Å²) in [6.07, 6.45) is 1.20. The number of halogens is 3. The molecule has 0 radical (unpaired) electrons. The topological polar surface area (TPSA) is 91.6 Å². The number of carbonyl (C=O) groups excluding carboxylic acids is 1. The smallest absolute Gasteiger partial charge is 0.305 e. The Morgan fingerprint density at radius 1 is 0.977 bits per heavy atom. The SMILES string of the molecule is Cc1cc(C)c(-c2cc(F)c(F)c(C(CC(=O)O)NC(=O)C(CC(C)C)n3cc(CCN(C)C)cc(F)c3=O)c2)c(C)c1. The van der Waals surface area contributed by atoms with Gasteiger partial charge in [-0.1, -0.05) is 31.5 Å². The zero-order chi connectivity index (χ0) is 32.2. The maximum Gasteiger partial charge on any atom is 0.305 e. The summed E-state index contributed by atoms with van der Waals surface area (Å²) in [6.45, 7) is 9.80. The molecular weight excluding hydrogens is 559 g/mol. The van der Waals surface area contributed by atoms with Gasteiger partial charge in [-0.05, 0) is 99.6 Å². The van der Waals surface area contributed by atoms with Gasteiger partial charge in [-0.25, -0.2) is 13.2 Å². The molecule has 1 heterocycles. The lowest BCUT2D eigenvalue weighted by atomic mass is 9.90. The van der Waals surface area contributed by atoms with E-state index in [0.717, 1.165) is 33.4 Å². The van der Waals surface area contributed by atoms with Crippen molar-refractivity contribution in [1.82, 2.24) is 14.8 Å². The largest absolute Gasteiger partial charge is 0.481 e. The van der Waals surface area contributed by atoms with Gasteiger partial charge in [0.1, 0.15) is 6.04 Å². The molecule has 0 saturated heterocycles. The summed E-state index contributed by atoms with van der Waals surface area (Å²) < 4.78 is 46.2. The first-order valence-electron chi connectivity index (χ1n) is 14.2. The third kappa shape index (κ3) is 8.34. The number of likely N-dealkylation sites (N-methyl/N-ethyl adjacent to an activating group) is 1. The quantitative estimate of drug-likeness (QED) is 0.271. The molecule has 1 amide bonds. The van der Waals surface area contributed by atoms with Gasteiger partial charge in [0, 0.05) is 18.3 Å². The standard InChI is InChI=1S/C33H40F3N3O4/c1-18(2)10-28(39-17-22(8-9-38(6)7)13-26(35)33(39)43)32(42)37-27(16-29(40)41)24-14-23(15-25(34)31(24)36)30-20(4)11-19(3)12-21(30)5/h11-15,17-18,27-28H,8-10,16H2,1-7H3,(H,37,42)(H,40,41). The van der Waals surface area contributed by atoms with Crippen molar-refractivity contribution in [2.24, 2.45) is 5.92 Å². The Morgan fingerprint density at radius 3 is 2.16 bits per heavy atom. The number of hydrogen-bond donors (Lipinski definition) is 2. The summed E-state index contributed by atoms with van der Waals surface area (Å²) in [7, 11) is 3.70. The molecule has 1 aromatic heterocycles. The number of hydrogen-bond acceptors (Lipinski definition) is 4. The first-order valence-corrected chi connectivity index (χ1v) is 14.2. The van der Waals surface area contributed by atoms with E-state index in [1.54, 1.807) is 0 Å². The van der Waals surface area contributed by atoms with E-state index in [2.05, 4.69) is 5.32 Å². The number of benzene rings is 2. The number of carboxylic acid groups (broad SMARTS) is 1. The van der Waals surface area contributed by atoms with Crippen LogP contribution < -0.4 is 10.9 Å². The van der Waals surface area contributed by atoms with Crippen molar-refractivity contribution in [3.8, 4) is 11.1 Å². The molecule has 2 atom stereocenters. The number of aryl methyl sites for hydroxylation is 3. The van der Waals surface area contributed by atoms with Gasteiger partial charge in [-0.3, -0.25) is 14.4 Å². The van der Waals surface area contributed by atoms with Gasteiger partial charge in [0.05, 0.1) is 12.5 Å². The first-order chi connectivity index (χ1) is 20.1. The van der Waals surface area contributed by atoms with Crippen LogP contribution in [0.4, 0.5) is 13.2 Å². The van der Waals surface area contributed by atoms with Gasteiger partial charge in [0.2, 0.25) is 5.91 Å². The number of pyridine rings is 1. The molecule has 0 aliphatic rings. The lowest BCUT2D eigenvalue weighted by Crippen LogP contribution is -2.41. The minimum atomic E-state index is -1.47. The fraction of sp³-hybridized carbons (Fsp3) is 0.424. The third-order valence-corrected chi connectivity index (χ3v) is 7.33. The van der Waals surface area contributed by atoms with Crippen LogP contribution >= 0.6 is 0 Å². The van der Waals surface area contributed by atoms with Crippen molar-refractivity contribution in [3.05, 3.63) is 92.2 Å². The van der Waals surface area contributed by atoms with Gasteiger partial charge in [-0.15, -0.1) is 0 Å². The first kappa shape index (κ1) is 33.6. The molecule has 43 heavy (non-hydrogen) atoms. The van der Waals surface area contributed by atoms with Gasteiger partial charge < -0.3 is 19.9 Å². The molecule has 0 saturated carbocycles. The molecule has 10 heteroatoms. The van der Waals surface area contributed by atoms with Crippen LogP contribution in [-0.2, 0) is 16.0 Å². The molecule has 2 unspecified atom stereocenters. The van der Waals surface area contributed by atoms with Crippen molar-refractivity contribution < 1.29 is 27.9 Å². The number of aromatic nitrogens is 1. The lowest BCUT2D eigenvalue weighted by Gasteiger charge is -2.26. The molecule has 3 aromatic rings. The molecule has 2 N–H and O–H groups in total. The maximum absolute atomic E-state index is 15.3. The predicted molar refractivity (Wildman–Crippen MR) is 161 cm³/mol. The highest BCUT2D eigenvalue weighted by atomic mass is 19.2. The molecule has 0 spiro atoms. The van der Waals surface area contributed by atoms with Crippen molar-refractivity contribution in [2.75, 3.05) is 20.6 Å². The predicted octanol–water partition coefficient (Wildman–Crippen LogP) is 5.88. The Bertz CT molecular complexity index is 1540.